The maximum absolute atomic E-state index is 3.76. The first kappa shape index (κ1) is 14.0. The van der Waals surface area contributed by atoms with Gasteiger partial charge in [0.2, 0.25) is 0 Å². The third-order valence-electron chi connectivity index (χ3n) is 3.88. The average Bonchev–Trinajstić information content (AvgIpc) is 2.58. The fraction of sp³-hybridized carbons (Fsp3) is 1.00. The summed E-state index contributed by atoms with van der Waals surface area (Å²) < 4.78 is 0. The van der Waals surface area contributed by atoms with E-state index >= 15 is 0 Å². The molecule has 3 unspecified atom stereocenters. The number of rotatable bonds is 6. The summed E-state index contributed by atoms with van der Waals surface area (Å²) in [7, 11) is 0. The fourth-order valence-electron chi connectivity index (χ4n) is 2.64. The maximum atomic E-state index is 3.76. The van der Waals surface area contributed by atoms with Crippen LogP contribution in [-0.4, -0.2) is 36.6 Å². The zero-order valence-electron chi connectivity index (χ0n) is 11.8. The number of hydrogen-bond donors (Lipinski definition) is 1. The van der Waals surface area contributed by atoms with Gasteiger partial charge in [-0.3, -0.25) is 4.90 Å². The molecule has 0 saturated carbocycles. The Balaban J connectivity index is 2.27. The molecule has 1 heterocycles. The molecular weight excluding hydrogens is 196 g/mol. The van der Waals surface area contributed by atoms with E-state index in [0.717, 1.165) is 11.8 Å². The predicted octanol–water partition coefficient (Wildman–Crippen LogP) is 2.74. The molecule has 2 heteroatoms. The van der Waals surface area contributed by atoms with Crippen LogP contribution in [-0.2, 0) is 0 Å². The number of nitrogens with zero attached hydrogens (tertiary/aromatic N) is 1. The zero-order chi connectivity index (χ0) is 12.1. The van der Waals surface area contributed by atoms with E-state index in [0.29, 0.717) is 12.1 Å². The molecule has 0 radical (unpaired) electrons. The van der Waals surface area contributed by atoms with Crippen molar-refractivity contribution >= 4 is 0 Å². The van der Waals surface area contributed by atoms with Crippen molar-refractivity contribution in [2.24, 2.45) is 11.8 Å². The minimum atomic E-state index is 0.697. The van der Waals surface area contributed by atoms with Gasteiger partial charge in [-0.15, -0.1) is 0 Å². The second kappa shape index (κ2) is 6.61. The Kier molecular flexibility index (Phi) is 5.77. The lowest BCUT2D eigenvalue weighted by Crippen LogP contribution is -2.38. The van der Waals surface area contributed by atoms with Crippen LogP contribution in [0.15, 0.2) is 0 Å². The minimum absolute atomic E-state index is 0.697. The van der Waals surface area contributed by atoms with Gasteiger partial charge in [-0.25, -0.2) is 0 Å². The Morgan fingerprint density at radius 3 is 2.44 bits per heavy atom. The van der Waals surface area contributed by atoms with E-state index in [1.54, 1.807) is 0 Å². The Labute approximate surface area is 102 Å². The Morgan fingerprint density at radius 2 is 1.94 bits per heavy atom. The molecule has 2 nitrogen and oxygen atoms in total. The van der Waals surface area contributed by atoms with E-state index < -0.39 is 0 Å². The van der Waals surface area contributed by atoms with Crippen LogP contribution in [0.25, 0.3) is 0 Å². The largest absolute Gasteiger partial charge is 0.312 e. The highest BCUT2D eigenvalue weighted by Gasteiger charge is 2.30. The van der Waals surface area contributed by atoms with E-state index in [9.17, 15) is 0 Å². The van der Waals surface area contributed by atoms with Crippen LogP contribution in [0.4, 0.5) is 0 Å². The van der Waals surface area contributed by atoms with Gasteiger partial charge in [0.25, 0.3) is 0 Å². The van der Waals surface area contributed by atoms with Crippen molar-refractivity contribution in [3.05, 3.63) is 0 Å². The fourth-order valence-corrected chi connectivity index (χ4v) is 2.64. The van der Waals surface area contributed by atoms with Crippen LogP contribution in [0.2, 0.25) is 0 Å². The Bertz CT molecular complexity index is 191. The second-order valence-corrected chi connectivity index (χ2v) is 5.93. The summed E-state index contributed by atoms with van der Waals surface area (Å²) in [5.41, 5.74) is 0. The molecular formula is C14H30N2. The summed E-state index contributed by atoms with van der Waals surface area (Å²) >= 11 is 0. The quantitative estimate of drug-likeness (QED) is 0.749. The average molecular weight is 226 g/mol. The standard InChI is InChI=1S/C14H30N2/c1-6-7-12(4)8-15-14-10-16(11(2)3)9-13(14)5/h11-15H,6-10H2,1-5H3. The molecule has 0 aromatic heterocycles. The molecule has 1 saturated heterocycles. The van der Waals surface area contributed by atoms with Crippen LogP contribution < -0.4 is 5.32 Å². The van der Waals surface area contributed by atoms with Crippen LogP contribution >= 0.6 is 0 Å². The zero-order valence-corrected chi connectivity index (χ0v) is 11.8. The molecule has 1 rings (SSSR count). The van der Waals surface area contributed by atoms with Gasteiger partial charge in [-0.1, -0.05) is 27.2 Å². The van der Waals surface area contributed by atoms with Gasteiger partial charge in [-0.2, -0.15) is 0 Å². The summed E-state index contributed by atoms with van der Waals surface area (Å²) in [6, 6.07) is 1.41. The molecule has 1 N–H and O–H groups in total. The maximum Gasteiger partial charge on any atom is 0.0233 e. The van der Waals surface area contributed by atoms with E-state index in [2.05, 4.69) is 44.8 Å². The van der Waals surface area contributed by atoms with Crippen molar-refractivity contribution < 1.29 is 0 Å². The minimum Gasteiger partial charge on any atom is -0.312 e. The summed E-state index contributed by atoms with van der Waals surface area (Å²) in [6.45, 7) is 15.3. The second-order valence-electron chi connectivity index (χ2n) is 5.93. The van der Waals surface area contributed by atoms with Crippen molar-refractivity contribution in [2.45, 2.75) is 59.5 Å². The number of nitrogens with one attached hydrogen (secondary N) is 1. The molecule has 16 heavy (non-hydrogen) atoms. The van der Waals surface area contributed by atoms with E-state index in [1.165, 1.54) is 32.5 Å². The summed E-state index contributed by atoms with van der Waals surface area (Å²) in [5, 5.41) is 3.76. The lowest BCUT2D eigenvalue weighted by atomic mass is 10.0. The van der Waals surface area contributed by atoms with Gasteiger partial charge in [0.15, 0.2) is 0 Å². The highest BCUT2D eigenvalue weighted by atomic mass is 15.2. The van der Waals surface area contributed by atoms with E-state index in [4.69, 9.17) is 0 Å². The Morgan fingerprint density at radius 1 is 1.25 bits per heavy atom. The van der Waals surface area contributed by atoms with Gasteiger partial charge < -0.3 is 5.32 Å². The normalized spacial score (nSPS) is 28.9. The van der Waals surface area contributed by atoms with E-state index in [-0.39, 0.29) is 0 Å². The molecule has 1 fully saturated rings. The predicted molar refractivity (Wildman–Crippen MR) is 71.7 cm³/mol. The molecule has 1 aliphatic rings. The van der Waals surface area contributed by atoms with Crippen molar-refractivity contribution in [3.8, 4) is 0 Å². The molecule has 0 amide bonds. The molecule has 0 bridgehead atoms. The van der Waals surface area contributed by atoms with Crippen molar-refractivity contribution in [2.75, 3.05) is 19.6 Å². The molecule has 3 atom stereocenters. The number of likely N-dealkylation sites (tertiary alicyclic amines) is 1. The topological polar surface area (TPSA) is 15.3 Å². The molecule has 96 valence electrons. The molecule has 0 spiro atoms. The first-order valence-electron chi connectivity index (χ1n) is 7.02. The lowest BCUT2D eigenvalue weighted by Gasteiger charge is -2.21. The van der Waals surface area contributed by atoms with Crippen molar-refractivity contribution in [3.63, 3.8) is 0 Å². The molecule has 1 aliphatic heterocycles. The van der Waals surface area contributed by atoms with Crippen LogP contribution in [0.5, 0.6) is 0 Å². The van der Waals surface area contributed by atoms with E-state index in [1.807, 2.05) is 0 Å². The van der Waals surface area contributed by atoms with Crippen LogP contribution in [0.1, 0.15) is 47.5 Å². The van der Waals surface area contributed by atoms with Gasteiger partial charge >= 0.3 is 0 Å². The summed E-state index contributed by atoms with van der Waals surface area (Å²) in [4.78, 5) is 2.59. The van der Waals surface area contributed by atoms with Crippen LogP contribution in [0, 0.1) is 11.8 Å². The van der Waals surface area contributed by atoms with Crippen molar-refractivity contribution in [1.29, 1.82) is 0 Å². The summed E-state index contributed by atoms with van der Waals surface area (Å²) in [5.74, 6) is 1.63. The first-order valence-corrected chi connectivity index (χ1v) is 7.02. The number of hydrogen-bond acceptors (Lipinski definition) is 2. The highest BCUT2D eigenvalue weighted by molar-refractivity contribution is 4.88. The Hall–Kier alpha value is -0.0800. The van der Waals surface area contributed by atoms with Gasteiger partial charge in [0.05, 0.1) is 0 Å². The molecule has 0 aliphatic carbocycles. The van der Waals surface area contributed by atoms with Gasteiger partial charge in [-0.05, 0) is 38.6 Å². The first-order chi connectivity index (χ1) is 7.54. The highest BCUT2D eigenvalue weighted by Crippen LogP contribution is 2.19. The lowest BCUT2D eigenvalue weighted by molar-refractivity contribution is 0.263. The van der Waals surface area contributed by atoms with Gasteiger partial charge in [0.1, 0.15) is 0 Å². The van der Waals surface area contributed by atoms with Crippen molar-refractivity contribution in [1.82, 2.24) is 10.2 Å². The summed E-state index contributed by atoms with van der Waals surface area (Å²) in [6.07, 6.45) is 2.66. The third kappa shape index (κ3) is 4.06. The molecule has 0 aromatic carbocycles. The monoisotopic (exact) mass is 226 g/mol. The SMILES string of the molecule is CCCC(C)CNC1CN(C(C)C)CC1C. The van der Waals surface area contributed by atoms with Gasteiger partial charge in [0, 0.05) is 25.2 Å². The third-order valence-corrected chi connectivity index (χ3v) is 3.88. The van der Waals surface area contributed by atoms with Crippen LogP contribution in [0.3, 0.4) is 0 Å². The molecule has 0 aromatic rings. The smallest absolute Gasteiger partial charge is 0.0233 e.